The van der Waals surface area contributed by atoms with Gasteiger partial charge in [0.25, 0.3) is 0 Å². The van der Waals surface area contributed by atoms with E-state index in [0.717, 1.165) is 4.90 Å². The molecule has 0 aliphatic carbocycles. The van der Waals surface area contributed by atoms with E-state index in [0.29, 0.717) is 34.8 Å². The molecule has 2 rings (SSSR count). The number of halogens is 3. The fourth-order valence-corrected chi connectivity index (χ4v) is 4.24. The molecule has 2 N–H and O–H groups in total. The number of aryl methyl sites for hydroxylation is 1. The molecular weight excluding hydrogens is 425 g/mol. The molecule has 0 atom stereocenters. The van der Waals surface area contributed by atoms with Crippen molar-refractivity contribution in [3.8, 4) is 0 Å². The second-order valence-electron chi connectivity index (χ2n) is 7.31. The van der Waals surface area contributed by atoms with Gasteiger partial charge in [-0.2, -0.15) is 0 Å². The Morgan fingerprint density at radius 1 is 1.18 bits per heavy atom. The summed E-state index contributed by atoms with van der Waals surface area (Å²) in [7, 11) is 0. The second-order valence-corrected chi connectivity index (χ2v) is 8.46. The van der Waals surface area contributed by atoms with Crippen LogP contribution in [0, 0.1) is 6.92 Å². The lowest BCUT2D eigenvalue weighted by molar-refractivity contribution is 0.204. The summed E-state index contributed by atoms with van der Waals surface area (Å²) in [5.74, 6) is 0.433. The van der Waals surface area contributed by atoms with E-state index in [1.807, 2.05) is 20.8 Å². The maximum atomic E-state index is 12.2. The Labute approximate surface area is 179 Å². The summed E-state index contributed by atoms with van der Waals surface area (Å²) in [6.07, 6.45) is -0.580. The molecule has 0 radical (unpaired) electrons. The Balaban J connectivity index is 2.78. The molecule has 2 aromatic rings. The molecule has 0 fully saturated rings. The van der Waals surface area contributed by atoms with Crippen molar-refractivity contribution in [1.82, 2.24) is 9.97 Å². The van der Waals surface area contributed by atoms with Crippen LogP contribution in [0.15, 0.2) is 12.1 Å². The van der Waals surface area contributed by atoms with Crippen molar-refractivity contribution >= 4 is 52.4 Å². The molecule has 1 aromatic carbocycles. The van der Waals surface area contributed by atoms with Crippen LogP contribution in [0.3, 0.4) is 0 Å². The van der Waals surface area contributed by atoms with Crippen LogP contribution in [0.2, 0.25) is 15.2 Å². The van der Waals surface area contributed by atoms with Gasteiger partial charge in [-0.25, -0.2) is 19.7 Å². The number of anilines is 2. The number of carbonyl (C=O) groups is 1. The van der Waals surface area contributed by atoms with E-state index in [1.54, 1.807) is 13.0 Å². The Kier molecular flexibility index (Phi) is 7.15. The van der Waals surface area contributed by atoms with Crippen molar-refractivity contribution in [3.05, 3.63) is 44.3 Å². The molecule has 0 saturated carbocycles. The lowest BCUT2D eigenvalue weighted by atomic mass is 9.86. The predicted octanol–water partition coefficient (Wildman–Crippen LogP) is 5.78. The molecule has 0 saturated heterocycles. The van der Waals surface area contributed by atoms with Gasteiger partial charge in [0.05, 0.1) is 10.7 Å². The number of aliphatic hydroxyl groups excluding tert-OH is 1. The van der Waals surface area contributed by atoms with Crippen molar-refractivity contribution in [2.24, 2.45) is 0 Å². The largest absolute Gasteiger partial charge is 0.464 e. The monoisotopic (exact) mass is 445 g/mol. The lowest BCUT2D eigenvalue weighted by Gasteiger charge is -2.28. The summed E-state index contributed by atoms with van der Waals surface area (Å²) < 4.78 is 0. The van der Waals surface area contributed by atoms with Crippen LogP contribution in [0.25, 0.3) is 0 Å². The van der Waals surface area contributed by atoms with E-state index in [4.69, 9.17) is 34.8 Å². The predicted molar refractivity (Wildman–Crippen MR) is 113 cm³/mol. The van der Waals surface area contributed by atoms with Crippen molar-refractivity contribution in [1.29, 1.82) is 0 Å². The highest BCUT2D eigenvalue weighted by Crippen LogP contribution is 2.43. The van der Waals surface area contributed by atoms with Crippen molar-refractivity contribution in [2.75, 3.05) is 11.5 Å². The van der Waals surface area contributed by atoms with E-state index in [2.05, 4.69) is 9.97 Å². The highest BCUT2D eigenvalue weighted by Gasteiger charge is 2.30. The molecule has 6 nitrogen and oxygen atoms in total. The lowest BCUT2D eigenvalue weighted by Crippen LogP contribution is -2.28. The van der Waals surface area contributed by atoms with E-state index in [-0.39, 0.29) is 28.3 Å². The number of hydrogen-bond acceptors (Lipinski definition) is 4. The SMILES string of the molecule is Cc1nc(Cl)c(CCCO)c(N(C(=O)O)c2ccc(Cl)c(C(C)(C)C)c2Cl)n1. The molecule has 9 heteroatoms. The molecular formula is C19H22Cl3N3O3. The number of nitrogens with zero attached hydrogens (tertiary/aromatic N) is 3. The number of rotatable bonds is 5. The number of aliphatic hydroxyl groups is 1. The van der Waals surface area contributed by atoms with Crippen molar-refractivity contribution in [3.63, 3.8) is 0 Å². The van der Waals surface area contributed by atoms with Gasteiger partial charge in [-0.1, -0.05) is 55.6 Å². The molecule has 1 heterocycles. The molecule has 1 amide bonds. The summed E-state index contributed by atoms with van der Waals surface area (Å²) >= 11 is 19.2. The zero-order valence-electron chi connectivity index (χ0n) is 16.1. The second kappa shape index (κ2) is 8.82. The van der Waals surface area contributed by atoms with Crippen LogP contribution in [0.5, 0.6) is 0 Å². The molecule has 0 spiro atoms. The van der Waals surface area contributed by atoms with Gasteiger partial charge >= 0.3 is 6.09 Å². The van der Waals surface area contributed by atoms with E-state index in [9.17, 15) is 15.0 Å². The smallest absolute Gasteiger partial charge is 0.417 e. The zero-order chi connectivity index (χ0) is 21.2. The van der Waals surface area contributed by atoms with Crippen molar-refractivity contribution < 1.29 is 15.0 Å². The molecule has 0 aliphatic rings. The average Bonchev–Trinajstić information content (AvgIpc) is 2.54. The standard InChI is InChI=1S/C19H22Cl3N3O3/c1-10-23-16(22)11(6-5-9-26)17(24-10)25(18(27)28)13-8-7-12(20)14(15(13)21)19(2,3)4/h7-8,26H,5-6,9H2,1-4H3,(H,27,28). The van der Waals surface area contributed by atoms with E-state index in [1.165, 1.54) is 6.07 Å². The van der Waals surface area contributed by atoms with Crippen molar-refractivity contribution in [2.45, 2.75) is 46.0 Å². The number of amides is 1. The minimum atomic E-state index is -1.27. The number of carboxylic acid groups (broad SMARTS) is 1. The minimum Gasteiger partial charge on any atom is -0.464 e. The summed E-state index contributed by atoms with van der Waals surface area (Å²) in [4.78, 5) is 21.6. The molecule has 0 bridgehead atoms. The minimum absolute atomic E-state index is 0.0768. The van der Waals surface area contributed by atoms with Gasteiger partial charge in [0.15, 0.2) is 5.82 Å². The van der Waals surface area contributed by atoms with Crippen LogP contribution in [-0.2, 0) is 11.8 Å². The van der Waals surface area contributed by atoms with Gasteiger partial charge in [0.1, 0.15) is 11.0 Å². The molecule has 0 unspecified atom stereocenters. The van der Waals surface area contributed by atoms with Crippen LogP contribution < -0.4 is 4.90 Å². The topological polar surface area (TPSA) is 86.6 Å². The molecule has 28 heavy (non-hydrogen) atoms. The highest BCUT2D eigenvalue weighted by atomic mass is 35.5. The molecule has 1 aromatic heterocycles. The molecule has 152 valence electrons. The Hall–Kier alpha value is -1.60. The summed E-state index contributed by atoms with van der Waals surface area (Å²) in [6, 6.07) is 3.15. The first-order valence-corrected chi connectivity index (χ1v) is 9.77. The average molecular weight is 447 g/mol. The summed E-state index contributed by atoms with van der Waals surface area (Å²) in [6.45, 7) is 7.36. The maximum absolute atomic E-state index is 12.2. The fourth-order valence-electron chi connectivity index (χ4n) is 2.91. The number of benzene rings is 1. The summed E-state index contributed by atoms with van der Waals surface area (Å²) in [5.41, 5.74) is 0.871. The zero-order valence-corrected chi connectivity index (χ0v) is 18.3. The van der Waals surface area contributed by atoms with E-state index >= 15 is 0 Å². The van der Waals surface area contributed by atoms with Gasteiger partial charge in [0, 0.05) is 17.2 Å². The quantitative estimate of drug-likeness (QED) is 0.568. The third-order valence-electron chi connectivity index (χ3n) is 4.10. The Bertz CT molecular complexity index is 898. The first-order chi connectivity index (χ1) is 13.0. The first-order valence-electron chi connectivity index (χ1n) is 8.64. The van der Waals surface area contributed by atoms with Gasteiger partial charge in [-0.05, 0) is 42.9 Å². The van der Waals surface area contributed by atoms with Crippen LogP contribution >= 0.6 is 34.8 Å². The summed E-state index contributed by atoms with van der Waals surface area (Å²) in [5, 5.41) is 20.0. The van der Waals surface area contributed by atoms with Crippen LogP contribution in [0.4, 0.5) is 16.3 Å². The van der Waals surface area contributed by atoms with E-state index < -0.39 is 11.5 Å². The first kappa shape index (κ1) is 22.7. The Morgan fingerprint density at radius 2 is 1.82 bits per heavy atom. The third-order valence-corrected chi connectivity index (χ3v) is 5.11. The third kappa shape index (κ3) is 4.69. The van der Waals surface area contributed by atoms with Crippen LogP contribution in [-0.4, -0.2) is 32.9 Å². The van der Waals surface area contributed by atoms with Gasteiger partial charge in [-0.3, -0.25) is 0 Å². The fraction of sp³-hybridized carbons (Fsp3) is 0.421. The molecule has 0 aliphatic heterocycles. The highest BCUT2D eigenvalue weighted by molar-refractivity contribution is 6.38. The maximum Gasteiger partial charge on any atom is 0.417 e. The Morgan fingerprint density at radius 3 is 2.36 bits per heavy atom. The number of hydrogen-bond donors (Lipinski definition) is 2. The van der Waals surface area contributed by atoms with Crippen LogP contribution in [0.1, 0.15) is 44.1 Å². The normalized spacial score (nSPS) is 11.6. The van der Waals surface area contributed by atoms with Gasteiger partial charge in [0.2, 0.25) is 0 Å². The van der Waals surface area contributed by atoms with Gasteiger partial charge in [-0.15, -0.1) is 0 Å². The number of aromatic nitrogens is 2. The van der Waals surface area contributed by atoms with Gasteiger partial charge < -0.3 is 10.2 Å².